The highest BCUT2D eigenvalue weighted by molar-refractivity contribution is 9.10. The number of sulfonamides is 1. The van der Waals surface area contributed by atoms with Gasteiger partial charge >= 0.3 is 0 Å². The Hall–Kier alpha value is -0.960. The summed E-state index contributed by atoms with van der Waals surface area (Å²) in [5, 5.41) is 10.7. The van der Waals surface area contributed by atoms with Gasteiger partial charge < -0.3 is 14.8 Å². The second-order valence-corrected chi connectivity index (χ2v) is 7.23. The van der Waals surface area contributed by atoms with Crippen molar-refractivity contribution in [2.24, 2.45) is 0 Å². The zero-order valence-corrected chi connectivity index (χ0v) is 13.7. The van der Waals surface area contributed by atoms with Crippen LogP contribution >= 0.6 is 15.9 Å². The van der Waals surface area contributed by atoms with Crippen molar-refractivity contribution >= 4 is 31.9 Å². The Labute approximate surface area is 127 Å². The van der Waals surface area contributed by atoms with Gasteiger partial charge in [0.25, 0.3) is 0 Å². The molecule has 0 amide bonds. The van der Waals surface area contributed by atoms with E-state index in [-0.39, 0.29) is 14.9 Å². The van der Waals surface area contributed by atoms with E-state index in [4.69, 9.17) is 0 Å². The maximum absolute atomic E-state index is 12.1. The number of quaternary nitrogens is 1. The number of aromatic carboxylic acids is 1. The quantitative estimate of drug-likeness (QED) is 0.583. The summed E-state index contributed by atoms with van der Waals surface area (Å²) in [5.41, 5.74) is -0.0768. The molecule has 2 N–H and O–H groups in total. The van der Waals surface area contributed by atoms with Crippen LogP contribution in [-0.4, -0.2) is 41.6 Å². The summed E-state index contributed by atoms with van der Waals surface area (Å²) >= 11 is 3.07. The number of hydrogen-bond donors (Lipinski definition) is 2. The van der Waals surface area contributed by atoms with Gasteiger partial charge in [0.2, 0.25) is 10.0 Å². The van der Waals surface area contributed by atoms with Gasteiger partial charge in [-0.15, -0.1) is 0 Å². The average Bonchev–Trinajstić information content (AvgIpc) is 2.34. The minimum Gasteiger partial charge on any atom is -0.545 e. The highest BCUT2D eigenvalue weighted by atomic mass is 79.9. The van der Waals surface area contributed by atoms with E-state index in [0.717, 1.165) is 13.0 Å². The maximum Gasteiger partial charge on any atom is 0.241 e. The smallest absolute Gasteiger partial charge is 0.241 e. The molecular weight excluding hydrogens is 348 g/mol. The van der Waals surface area contributed by atoms with Crippen LogP contribution in [-0.2, 0) is 10.0 Å². The molecule has 0 aliphatic carbocycles. The van der Waals surface area contributed by atoms with Crippen LogP contribution in [0.1, 0.15) is 16.8 Å². The van der Waals surface area contributed by atoms with E-state index >= 15 is 0 Å². The molecule has 8 heteroatoms. The van der Waals surface area contributed by atoms with E-state index in [9.17, 15) is 18.3 Å². The molecule has 0 aliphatic heterocycles. The van der Waals surface area contributed by atoms with Crippen molar-refractivity contribution in [3.05, 3.63) is 28.2 Å². The molecule has 0 atom stereocenters. The number of carbonyl (C=O) groups excluding carboxylic acids is 1. The second-order valence-electron chi connectivity index (χ2n) is 4.64. The largest absolute Gasteiger partial charge is 0.545 e. The highest BCUT2D eigenvalue weighted by Gasteiger charge is 2.17. The normalized spacial score (nSPS) is 11.8. The number of rotatable bonds is 7. The van der Waals surface area contributed by atoms with Gasteiger partial charge in [-0.2, -0.15) is 0 Å². The first-order chi connectivity index (χ1) is 9.24. The molecule has 1 rings (SSSR count). The monoisotopic (exact) mass is 364 g/mol. The number of carboxylic acids is 1. The third kappa shape index (κ3) is 4.86. The van der Waals surface area contributed by atoms with Crippen LogP contribution in [0.2, 0.25) is 0 Å². The van der Waals surface area contributed by atoms with Gasteiger partial charge in [-0.1, -0.05) is 6.07 Å². The summed E-state index contributed by atoms with van der Waals surface area (Å²) in [6.45, 7) is 1.19. The Bertz CT molecular complexity index is 587. The van der Waals surface area contributed by atoms with Gasteiger partial charge in [0.05, 0.1) is 31.5 Å². The molecule has 1 aromatic rings. The average molecular weight is 365 g/mol. The fourth-order valence-electron chi connectivity index (χ4n) is 1.57. The van der Waals surface area contributed by atoms with Crippen molar-refractivity contribution in [3.8, 4) is 0 Å². The molecule has 0 unspecified atom stereocenters. The van der Waals surface area contributed by atoms with E-state index in [0.29, 0.717) is 6.54 Å². The Morgan fingerprint density at radius 3 is 2.55 bits per heavy atom. The SMILES string of the molecule is C[NH+](C)CCCNS(=O)(=O)c1ccc(C(=O)[O-])cc1Br. The predicted molar refractivity (Wildman–Crippen MR) is 76.0 cm³/mol. The molecular formula is C12H17BrN2O4S. The molecule has 0 heterocycles. The van der Waals surface area contributed by atoms with E-state index < -0.39 is 16.0 Å². The van der Waals surface area contributed by atoms with Crippen molar-refractivity contribution in [1.29, 1.82) is 0 Å². The molecule has 0 bridgehead atoms. The summed E-state index contributed by atoms with van der Waals surface area (Å²) in [6.07, 6.45) is 0.719. The fourth-order valence-corrected chi connectivity index (χ4v) is 3.72. The predicted octanol–water partition coefficient (Wildman–Crippen LogP) is -1.37. The lowest BCUT2D eigenvalue weighted by Crippen LogP contribution is -3.05. The van der Waals surface area contributed by atoms with Crippen LogP contribution in [0.3, 0.4) is 0 Å². The topological polar surface area (TPSA) is 90.7 Å². The highest BCUT2D eigenvalue weighted by Crippen LogP contribution is 2.22. The molecule has 112 valence electrons. The van der Waals surface area contributed by atoms with Crippen molar-refractivity contribution in [2.75, 3.05) is 27.2 Å². The number of benzene rings is 1. The number of nitrogens with one attached hydrogen (secondary N) is 2. The van der Waals surface area contributed by atoms with Gasteiger partial charge in [0.15, 0.2) is 0 Å². The summed E-state index contributed by atoms with van der Waals surface area (Å²) in [4.78, 5) is 11.9. The molecule has 0 aliphatic rings. The Balaban J connectivity index is 2.80. The van der Waals surface area contributed by atoms with Gasteiger partial charge in [-0.05, 0) is 33.6 Å². The molecule has 0 saturated heterocycles. The van der Waals surface area contributed by atoms with Crippen LogP contribution in [0.4, 0.5) is 0 Å². The van der Waals surface area contributed by atoms with E-state index in [2.05, 4.69) is 20.7 Å². The van der Waals surface area contributed by atoms with E-state index in [1.165, 1.54) is 23.1 Å². The van der Waals surface area contributed by atoms with Crippen LogP contribution in [0.25, 0.3) is 0 Å². The van der Waals surface area contributed by atoms with Crippen LogP contribution in [0.5, 0.6) is 0 Å². The minimum absolute atomic E-state index is 0.0136. The number of carboxylic acid groups (broad SMARTS) is 1. The standard InChI is InChI=1S/C12H17BrN2O4S/c1-15(2)7-3-6-14-20(18,19)11-5-4-9(12(16)17)8-10(11)13/h4-5,8,14H,3,6-7H2,1-2H3,(H,16,17). The van der Waals surface area contributed by atoms with Gasteiger partial charge in [0, 0.05) is 17.4 Å². The van der Waals surface area contributed by atoms with Gasteiger partial charge in [-0.3, -0.25) is 0 Å². The third-order valence-corrected chi connectivity index (χ3v) is 5.04. The second kappa shape index (κ2) is 7.16. The van der Waals surface area contributed by atoms with Crippen molar-refractivity contribution in [3.63, 3.8) is 0 Å². The summed E-state index contributed by atoms with van der Waals surface area (Å²) in [5.74, 6) is -1.35. The molecule has 0 aromatic heterocycles. The summed E-state index contributed by atoms with van der Waals surface area (Å²) < 4.78 is 26.8. The first-order valence-electron chi connectivity index (χ1n) is 6.03. The maximum atomic E-state index is 12.1. The van der Waals surface area contributed by atoms with Crippen molar-refractivity contribution in [2.45, 2.75) is 11.3 Å². The van der Waals surface area contributed by atoms with Gasteiger partial charge in [0.1, 0.15) is 0 Å². The fraction of sp³-hybridized carbons (Fsp3) is 0.417. The van der Waals surface area contributed by atoms with Crippen molar-refractivity contribution < 1.29 is 23.2 Å². The number of carbonyl (C=O) groups is 1. The number of halogens is 1. The van der Waals surface area contributed by atoms with Crippen LogP contribution in [0, 0.1) is 0 Å². The summed E-state index contributed by atoms with van der Waals surface area (Å²) in [7, 11) is 0.329. The lowest BCUT2D eigenvalue weighted by Gasteiger charge is -2.11. The Kier molecular flexibility index (Phi) is 6.12. The van der Waals surface area contributed by atoms with Crippen LogP contribution < -0.4 is 14.7 Å². The molecule has 0 saturated carbocycles. The molecule has 0 radical (unpaired) electrons. The third-order valence-electron chi connectivity index (χ3n) is 2.60. The summed E-state index contributed by atoms with van der Waals surface area (Å²) in [6, 6.07) is 3.67. The van der Waals surface area contributed by atoms with Crippen LogP contribution in [0.15, 0.2) is 27.6 Å². The number of hydrogen-bond acceptors (Lipinski definition) is 4. The first kappa shape index (κ1) is 17.1. The minimum atomic E-state index is -3.65. The van der Waals surface area contributed by atoms with E-state index in [1.807, 2.05) is 14.1 Å². The lowest BCUT2D eigenvalue weighted by atomic mass is 10.2. The Morgan fingerprint density at radius 1 is 1.40 bits per heavy atom. The van der Waals surface area contributed by atoms with Gasteiger partial charge in [-0.25, -0.2) is 13.1 Å². The molecule has 0 fully saturated rings. The molecule has 20 heavy (non-hydrogen) atoms. The zero-order chi connectivity index (χ0) is 15.3. The molecule has 6 nitrogen and oxygen atoms in total. The van der Waals surface area contributed by atoms with E-state index in [1.54, 1.807) is 0 Å². The zero-order valence-electron chi connectivity index (χ0n) is 11.3. The first-order valence-corrected chi connectivity index (χ1v) is 8.31. The lowest BCUT2D eigenvalue weighted by molar-refractivity contribution is -0.858. The van der Waals surface area contributed by atoms with Crippen molar-refractivity contribution in [1.82, 2.24) is 4.72 Å². The Morgan fingerprint density at radius 2 is 2.05 bits per heavy atom. The molecule has 1 aromatic carbocycles. The molecule has 0 spiro atoms.